The highest BCUT2D eigenvalue weighted by atomic mass is 15.2. The van der Waals surface area contributed by atoms with Crippen molar-refractivity contribution in [1.29, 1.82) is 0 Å². The summed E-state index contributed by atoms with van der Waals surface area (Å²) >= 11 is 0. The van der Waals surface area contributed by atoms with Crippen LogP contribution >= 0.6 is 0 Å². The lowest BCUT2D eigenvalue weighted by Crippen LogP contribution is -2.67. The van der Waals surface area contributed by atoms with Crippen molar-refractivity contribution in [3.05, 3.63) is 0 Å². The number of rotatable bonds is 4. The topological polar surface area (TPSA) is 29.3 Å². The summed E-state index contributed by atoms with van der Waals surface area (Å²) in [4.78, 5) is 2.46. The van der Waals surface area contributed by atoms with Gasteiger partial charge in [0.2, 0.25) is 0 Å². The highest BCUT2D eigenvalue weighted by molar-refractivity contribution is 4.99. The Bertz CT molecular complexity index is 137. The molecule has 0 radical (unpaired) electrons. The van der Waals surface area contributed by atoms with Gasteiger partial charge >= 0.3 is 0 Å². The molecule has 1 heterocycles. The summed E-state index contributed by atoms with van der Waals surface area (Å²) in [5.74, 6) is 0.774. The van der Waals surface area contributed by atoms with Crippen molar-refractivity contribution >= 4 is 0 Å². The molecule has 0 bridgehead atoms. The van der Waals surface area contributed by atoms with Gasteiger partial charge in [0.1, 0.15) is 0 Å². The van der Waals surface area contributed by atoms with Crippen molar-refractivity contribution < 1.29 is 0 Å². The maximum atomic E-state index is 6.14. The summed E-state index contributed by atoms with van der Waals surface area (Å²) in [6.07, 6.45) is 2.40. The average molecular weight is 170 g/mol. The van der Waals surface area contributed by atoms with E-state index < -0.39 is 0 Å². The number of nitrogens with two attached hydrogens (primary N) is 1. The molecular formula is C10H22N2. The Labute approximate surface area is 76.1 Å². The molecule has 1 aliphatic heterocycles. The van der Waals surface area contributed by atoms with Crippen molar-refractivity contribution in [3.8, 4) is 0 Å². The maximum Gasteiger partial charge on any atom is 0.0412 e. The quantitative estimate of drug-likeness (QED) is 0.692. The maximum absolute atomic E-state index is 6.14. The fourth-order valence-electron chi connectivity index (χ4n) is 2.15. The van der Waals surface area contributed by atoms with Gasteiger partial charge in [-0.15, -0.1) is 0 Å². The molecule has 1 rings (SSSR count). The van der Waals surface area contributed by atoms with Crippen LogP contribution in [0.5, 0.6) is 0 Å². The number of likely N-dealkylation sites (tertiary alicyclic amines) is 1. The van der Waals surface area contributed by atoms with Crippen LogP contribution in [0.25, 0.3) is 0 Å². The predicted octanol–water partition coefficient (Wildman–Crippen LogP) is 1.46. The van der Waals surface area contributed by atoms with Crippen LogP contribution in [-0.4, -0.2) is 30.1 Å². The fraction of sp³-hybridized carbons (Fsp3) is 1.00. The van der Waals surface area contributed by atoms with Gasteiger partial charge in [0.05, 0.1) is 0 Å². The Hall–Kier alpha value is -0.0800. The van der Waals surface area contributed by atoms with E-state index in [-0.39, 0.29) is 5.54 Å². The van der Waals surface area contributed by atoms with Gasteiger partial charge in [0.15, 0.2) is 0 Å². The first-order valence-electron chi connectivity index (χ1n) is 5.07. The first-order chi connectivity index (χ1) is 5.56. The molecule has 2 heteroatoms. The second-order valence-corrected chi connectivity index (χ2v) is 4.68. The van der Waals surface area contributed by atoms with E-state index in [0.717, 1.165) is 19.0 Å². The third-order valence-electron chi connectivity index (χ3n) is 2.45. The van der Waals surface area contributed by atoms with Gasteiger partial charge in [-0.1, -0.05) is 27.2 Å². The van der Waals surface area contributed by atoms with Crippen LogP contribution in [-0.2, 0) is 0 Å². The number of nitrogens with zero attached hydrogens (tertiary/aromatic N) is 1. The first kappa shape index (κ1) is 10.0. The molecular weight excluding hydrogens is 148 g/mol. The molecule has 0 atom stereocenters. The van der Waals surface area contributed by atoms with Crippen molar-refractivity contribution in [2.75, 3.05) is 19.6 Å². The van der Waals surface area contributed by atoms with E-state index in [1.165, 1.54) is 19.4 Å². The molecule has 0 aromatic rings. The molecule has 0 aromatic heterocycles. The van der Waals surface area contributed by atoms with Crippen LogP contribution in [0.1, 0.15) is 33.6 Å². The standard InChI is InChI=1S/C10H22N2/c1-4-5-10(11)7-12(8-10)6-9(2)3/h9H,4-8,11H2,1-3H3. The lowest BCUT2D eigenvalue weighted by Gasteiger charge is -2.48. The third kappa shape index (κ3) is 2.46. The van der Waals surface area contributed by atoms with Gasteiger partial charge in [0, 0.05) is 25.2 Å². The van der Waals surface area contributed by atoms with Crippen molar-refractivity contribution in [2.45, 2.75) is 39.2 Å². The molecule has 2 nitrogen and oxygen atoms in total. The highest BCUT2D eigenvalue weighted by Gasteiger charge is 2.37. The van der Waals surface area contributed by atoms with E-state index in [0.29, 0.717) is 0 Å². The molecule has 0 spiro atoms. The van der Waals surface area contributed by atoms with Gasteiger partial charge in [-0.2, -0.15) is 0 Å². The fourth-order valence-corrected chi connectivity index (χ4v) is 2.15. The van der Waals surface area contributed by atoms with Gasteiger partial charge in [0.25, 0.3) is 0 Å². The van der Waals surface area contributed by atoms with Crippen LogP contribution in [0.3, 0.4) is 0 Å². The molecule has 0 saturated carbocycles. The van der Waals surface area contributed by atoms with E-state index in [2.05, 4.69) is 25.7 Å². The average Bonchev–Trinajstić information content (AvgIpc) is 1.83. The Morgan fingerprint density at radius 3 is 2.42 bits per heavy atom. The Morgan fingerprint density at radius 1 is 1.42 bits per heavy atom. The zero-order chi connectivity index (χ0) is 9.19. The monoisotopic (exact) mass is 170 g/mol. The van der Waals surface area contributed by atoms with Gasteiger partial charge < -0.3 is 5.73 Å². The van der Waals surface area contributed by atoms with Gasteiger partial charge in [-0.05, 0) is 12.3 Å². The Balaban J connectivity index is 2.18. The zero-order valence-corrected chi connectivity index (χ0v) is 8.64. The van der Waals surface area contributed by atoms with Crippen LogP contribution < -0.4 is 5.73 Å². The van der Waals surface area contributed by atoms with Crippen molar-refractivity contribution in [1.82, 2.24) is 4.90 Å². The lowest BCUT2D eigenvalue weighted by molar-refractivity contribution is 0.0534. The summed E-state index contributed by atoms with van der Waals surface area (Å²) < 4.78 is 0. The summed E-state index contributed by atoms with van der Waals surface area (Å²) in [7, 11) is 0. The Kier molecular flexibility index (Phi) is 3.13. The first-order valence-corrected chi connectivity index (χ1v) is 5.07. The SMILES string of the molecule is CCCC1(N)CN(CC(C)C)C1. The van der Waals surface area contributed by atoms with Gasteiger partial charge in [-0.25, -0.2) is 0 Å². The minimum absolute atomic E-state index is 0.156. The van der Waals surface area contributed by atoms with Gasteiger partial charge in [-0.3, -0.25) is 4.90 Å². The molecule has 1 aliphatic rings. The van der Waals surface area contributed by atoms with E-state index >= 15 is 0 Å². The van der Waals surface area contributed by atoms with E-state index in [1.54, 1.807) is 0 Å². The summed E-state index contributed by atoms with van der Waals surface area (Å²) in [6, 6.07) is 0. The van der Waals surface area contributed by atoms with Crippen LogP contribution in [0.2, 0.25) is 0 Å². The third-order valence-corrected chi connectivity index (χ3v) is 2.45. The normalized spacial score (nSPS) is 22.8. The Morgan fingerprint density at radius 2 is 2.00 bits per heavy atom. The smallest absolute Gasteiger partial charge is 0.0412 e. The molecule has 72 valence electrons. The van der Waals surface area contributed by atoms with Crippen molar-refractivity contribution in [3.63, 3.8) is 0 Å². The summed E-state index contributed by atoms with van der Waals surface area (Å²) in [5, 5.41) is 0. The molecule has 1 saturated heterocycles. The summed E-state index contributed by atoms with van der Waals surface area (Å²) in [5.41, 5.74) is 6.29. The molecule has 0 amide bonds. The molecule has 0 aliphatic carbocycles. The lowest BCUT2D eigenvalue weighted by atomic mass is 9.86. The second kappa shape index (κ2) is 3.75. The minimum atomic E-state index is 0.156. The molecule has 1 fully saturated rings. The predicted molar refractivity (Wildman–Crippen MR) is 53.1 cm³/mol. The summed E-state index contributed by atoms with van der Waals surface area (Å²) in [6.45, 7) is 10.2. The second-order valence-electron chi connectivity index (χ2n) is 4.68. The largest absolute Gasteiger partial charge is 0.323 e. The zero-order valence-electron chi connectivity index (χ0n) is 8.64. The highest BCUT2D eigenvalue weighted by Crippen LogP contribution is 2.23. The molecule has 0 aromatic carbocycles. The molecule has 2 N–H and O–H groups in total. The molecule has 0 unspecified atom stereocenters. The van der Waals surface area contributed by atoms with E-state index in [1.807, 2.05) is 0 Å². The van der Waals surface area contributed by atoms with Crippen molar-refractivity contribution in [2.24, 2.45) is 11.7 Å². The van der Waals surface area contributed by atoms with Crippen LogP contribution in [0, 0.1) is 5.92 Å². The number of hydrogen-bond donors (Lipinski definition) is 1. The van der Waals surface area contributed by atoms with Crippen LogP contribution in [0.4, 0.5) is 0 Å². The van der Waals surface area contributed by atoms with Crippen LogP contribution in [0.15, 0.2) is 0 Å². The van der Waals surface area contributed by atoms with E-state index in [4.69, 9.17) is 5.73 Å². The molecule has 12 heavy (non-hydrogen) atoms. The minimum Gasteiger partial charge on any atom is -0.323 e. The van der Waals surface area contributed by atoms with E-state index in [9.17, 15) is 0 Å². The number of hydrogen-bond acceptors (Lipinski definition) is 2.